The Morgan fingerprint density at radius 2 is 1.83 bits per heavy atom. The lowest BCUT2D eigenvalue weighted by Gasteiger charge is -2.39. The number of urea groups is 1. The maximum Gasteiger partial charge on any atom is 0.315 e. The first-order valence-electron chi connectivity index (χ1n) is 10.1. The predicted molar refractivity (Wildman–Crippen MR) is 111 cm³/mol. The summed E-state index contributed by atoms with van der Waals surface area (Å²) < 4.78 is 25.7. The van der Waals surface area contributed by atoms with Crippen molar-refractivity contribution in [1.82, 2.24) is 20.3 Å². The van der Waals surface area contributed by atoms with E-state index in [1.807, 2.05) is 30.3 Å². The number of rotatable bonds is 6. The number of nitrogens with one attached hydrogen (secondary N) is 3. The van der Waals surface area contributed by atoms with Gasteiger partial charge in [-0.1, -0.05) is 43.2 Å². The maximum atomic E-state index is 13.3. The van der Waals surface area contributed by atoms with Crippen molar-refractivity contribution in [2.45, 2.75) is 56.7 Å². The van der Waals surface area contributed by atoms with Gasteiger partial charge < -0.3 is 15.5 Å². The predicted octanol–water partition coefficient (Wildman–Crippen LogP) is 1.34. The van der Waals surface area contributed by atoms with Gasteiger partial charge in [-0.2, -0.15) is 0 Å². The number of benzene rings is 1. The van der Waals surface area contributed by atoms with E-state index in [2.05, 4.69) is 15.4 Å². The van der Waals surface area contributed by atoms with Crippen LogP contribution in [0, 0.1) is 0 Å². The normalized spacial score (nSPS) is 21.6. The Bertz CT molecular complexity index is 822. The third kappa shape index (κ3) is 5.93. The minimum absolute atomic E-state index is 0.107. The Morgan fingerprint density at radius 1 is 1.14 bits per heavy atom. The molecule has 1 aromatic carbocycles. The summed E-state index contributed by atoms with van der Waals surface area (Å²) >= 11 is 0. The van der Waals surface area contributed by atoms with Gasteiger partial charge in [0.15, 0.2) is 0 Å². The molecule has 1 aromatic rings. The summed E-state index contributed by atoms with van der Waals surface area (Å²) in [5, 5.41) is 5.78. The van der Waals surface area contributed by atoms with Crippen LogP contribution in [0.15, 0.2) is 30.3 Å². The van der Waals surface area contributed by atoms with Gasteiger partial charge in [0.05, 0.1) is 6.26 Å². The third-order valence-corrected chi connectivity index (χ3v) is 6.37. The number of piperidine rings is 1. The van der Waals surface area contributed by atoms with Crippen LogP contribution in [0.2, 0.25) is 0 Å². The van der Waals surface area contributed by atoms with E-state index in [1.54, 1.807) is 4.90 Å². The summed E-state index contributed by atoms with van der Waals surface area (Å²) in [5.74, 6) is -0.107. The van der Waals surface area contributed by atoms with Crippen molar-refractivity contribution >= 4 is 22.0 Å². The fraction of sp³-hybridized carbons (Fsp3) is 0.600. The summed E-state index contributed by atoms with van der Waals surface area (Å²) in [6.45, 7) is 1.30. The SMILES string of the molecule is CS(=O)(=O)N[C@@H]1CCCN(C(=O)C2(NC(=O)NCc3ccccc3)CCCC2)C1. The Kier molecular flexibility index (Phi) is 6.79. The molecule has 0 bridgehead atoms. The van der Waals surface area contributed by atoms with E-state index in [0.717, 1.165) is 31.1 Å². The van der Waals surface area contributed by atoms with Crippen molar-refractivity contribution in [3.05, 3.63) is 35.9 Å². The highest BCUT2D eigenvalue weighted by Crippen LogP contribution is 2.32. The Balaban J connectivity index is 1.62. The summed E-state index contributed by atoms with van der Waals surface area (Å²) in [6.07, 6.45) is 5.53. The minimum atomic E-state index is -3.33. The van der Waals surface area contributed by atoms with Crippen LogP contribution in [0.3, 0.4) is 0 Å². The molecule has 1 atom stereocenters. The maximum absolute atomic E-state index is 13.3. The van der Waals surface area contributed by atoms with Crippen LogP contribution >= 0.6 is 0 Å². The van der Waals surface area contributed by atoms with Gasteiger partial charge in [-0.15, -0.1) is 0 Å². The van der Waals surface area contributed by atoms with Gasteiger partial charge in [-0.3, -0.25) is 4.79 Å². The van der Waals surface area contributed by atoms with E-state index < -0.39 is 15.6 Å². The van der Waals surface area contributed by atoms with Gasteiger partial charge in [-0.25, -0.2) is 17.9 Å². The lowest BCUT2D eigenvalue weighted by atomic mass is 9.93. The van der Waals surface area contributed by atoms with Crippen LogP contribution < -0.4 is 15.4 Å². The minimum Gasteiger partial charge on any atom is -0.339 e. The molecule has 1 aliphatic heterocycles. The average molecular weight is 423 g/mol. The van der Waals surface area contributed by atoms with Crippen LogP contribution in [-0.2, 0) is 21.4 Å². The first kappa shape index (κ1) is 21.6. The molecule has 9 heteroatoms. The van der Waals surface area contributed by atoms with E-state index >= 15 is 0 Å². The fourth-order valence-electron chi connectivity index (χ4n) is 4.27. The summed E-state index contributed by atoms with van der Waals surface area (Å²) in [6, 6.07) is 8.96. The zero-order chi connectivity index (χ0) is 20.9. The van der Waals surface area contributed by atoms with Crippen LogP contribution in [-0.4, -0.2) is 56.2 Å². The van der Waals surface area contributed by atoms with Gasteiger partial charge in [0, 0.05) is 25.7 Å². The number of hydrogen-bond acceptors (Lipinski definition) is 4. The molecule has 3 N–H and O–H groups in total. The van der Waals surface area contributed by atoms with Gasteiger partial charge in [0.1, 0.15) is 5.54 Å². The van der Waals surface area contributed by atoms with Crippen molar-refractivity contribution in [2.24, 2.45) is 0 Å². The number of carbonyl (C=O) groups is 2. The Labute approximate surface area is 172 Å². The Morgan fingerprint density at radius 3 is 2.48 bits per heavy atom. The smallest absolute Gasteiger partial charge is 0.315 e. The quantitative estimate of drug-likeness (QED) is 0.643. The van der Waals surface area contributed by atoms with Gasteiger partial charge in [0.2, 0.25) is 15.9 Å². The second kappa shape index (κ2) is 9.13. The van der Waals surface area contributed by atoms with Crippen LogP contribution in [0.1, 0.15) is 44.1 Å². The highest BCUT2D eigenvalue weighted by atomic mass is 32.2. The zero-order valence-corrected chi connectivity index (χ0v) is 17.6. The molecule has 0 aromatic heterocycles. The van der Waals surface area contributed by atoms with Crippen LogP contribution in [0.4, 0.5) is 4.79 Å². The highest BCUT2D eigenvalue weighted by molar-refractivity contribution is 7.88. The number of carbonyl (C=O) groups excluding carboxylic acids is 2. The van der Waals surface area contributed by atoms with Crippen molar-refractivity contribution in [3.8, 4) is 0 Å². The van der Waals surface area contributed by atoms with Gasteiger partial charge in [0.25, 0.3) is 0 Å². The third-order valence-electron chi connectivity index (χ3n) is 5.60. The van der Waals surface area contributed by atoms with Crippen molar-refractivity contribution < 1.29 is 18.0 Å². The van der Waals surface area contributed by atoms with E-state index in [0.29, 0.717) is 38.9 Å². The molecular formula is C20H30N4O4S. The molecule has 2 aliphatic rings. The van der Waals surface area contributed by atoms with Crippen molar-refractivity contribution in [1.29, 1.82) is 0 Å². The number of hydrogen-bond donors (Lipinski definition) is 3. The summed E-state index contributed by atoms with van der Waals surface area (Å²) in [5.41, 5.74) is 0.0773. The molecule has 0 radical (unpaired) electrons. The fourth-order valence-corrected chi connectivity index (χ4v) is 5.07. The summed E-state index contributed by atoms with van der Waals surface area (Å²) in [4.78, 5) is 27.6. The molecule has 1 saturated carbocycles. The lowest BCUT2D eigenvalue weighted by Crippen LogP contribution is -2.62. The monoisotopic (exact) mass is 422 g/mol. The molecule has 0 spiro atoms. The standard InChI is InChI=1S/C20H30N4O4S/c1-29(27,28)23-17-10-7-13-24(15-17)18(25)20(11-5-6-12-20)22-19(26)21-14-16-8-3-2-4-9-16/h2-4,8-9,17,23H,5-7,10-15H2,1H3,(H2,21,22,26)/t17-/m1/s1. The highest BCUT2D eigenvalue weighted by Gasteiger charge is 2.45. The molecule has 8 nitrogen and oxygen atoms in total. The number of nitrogens with zero attached hydrogens (tertiary/aromatic N) is 1. The molecule has 3 rings (SSSR count). The largest absolute Gasteiger partial charge is 0.339 e. The van der Waals surface area contributed by atoms with Crippen molar-refractivity contribution in [2.75, 3.05) is 19.3 Å². The first-order chi connectivity index (χ1) is 13.8. The van der Waals surface area contributed by atoms with E-state index in [4.69, 9.17) is 0 Å². The molecule has 0 unspecified atom stereocenters. The first-order valence-corrected chi connectivity index (χ1v) is 12.0. The number of sulfonamides is 1. The molecule has 3 amide bonds. The number of amides is 3. The Hall–Kier alpha value is -2.13. The van der Waals surface area contributed by atoms with E-state index in [1.165, 1.54) is 0 Å². The second-order valence-electron chi connectivity index (χ2n) is 8.06. The molecule has 160 valence electrons. The average Bonchev–Trinajstić information content (AvgIpc) is 3.15. The lowest BCUT2D eigenvalue weighted by molar-refractivity contribution is -0.139. The molecule has 2 fully saturated rings. The van der Waals surface area contributed by atoms with Gasteiger partial charge in [-0.05, 0) is 31.2 Å². The second-order valence-corrected chi connectivity index (χ2v) is 9.84. The molecular weight excluding hydrogens is 392 g/mol. The molecule has 1 saturated heterocycles. The topological polar surface area (TPSA) is 108 Å². The van der Waals surface area contributed by atoms with Crippen molar-refractivity contribution in [3.63, 3.8) is 0 Å². The molecule has 29 heavy (non-hydrogen) atoms. The van der Waals surface area contributed by atoms with E-state index in [-0.39, 0.29) is 18.0 Å². The summed E-state index contributed by atoms with van der Waals surface area (Å²) in [7, 11) is -3.33. The zero-order valence-electron chi connectivity index (χ0n) is 16.8. The van der Waals surface area contributed by atoms with Crippen LogP contribution in [0.5, 0.6) is 0 Å². The van der Waals surface area contributed by atoms with E-state index in [9.17, 15) is 18.0 Å². The van der Waals surface area contributed by atoms with Gasteiger partial charge >= 0.3 is 6.03 Å². The number of likely N-dealkylation sites (tertiary alicyclic amines) is 1. The molecule has 1 aliphatic carbocycles. The molecule has 1 heterocycles. The van der Waals surface area contributed by atoms with Crippen LogP contribution in [0.25, 0.3) is 0 Å².